The van der Waals surface area contributed by atoms with Crippen molar-refractivity contribution in [1.29, 1.82) is 0 Å². The van der Waals surface area contributed by atoms with Gasteiger partial charge in [0.05, 0.1) is 5.56 Å². The van der Waals surface area contributed by atoms with E-state index in [4.69, 9.17) is 0 Å². The summed E-state index contributed by atoms with van der Waals surface area (Å²) in [6.07, 6.45) is 0. The fourth-order valence-electron chi connectivity index (χ4n) is 2.01. The largest absolute Gasteiger partial charge is 0.321 e. The molecule has 0 bridgehead atoms. The standard InChI is InChI=1S/C16H16BrNO/c1-10-7-8-14(17)13(9-10)16(19)18-15-11(2)5-4-6-12(15)3/h4-9H,1-3H3,(H,18,19). The second-order valence-electron chi connectivity index (χ2n) is 4.70. The summed E-state index contributed by atoms with van der Waals surface area (Å²) in [7, 11) is 0. The number of amides is 1. The monoisotopic (exact) mass is 317 g/mol. The third kappa shape index (κ3) is 3.04. The molecule has 0 aliphatic heterocycles. The van der Waals surface area contributed by atoms with Crippen molar-refractivity contribution in [2.75, 3.05) is 5.32 Å². The minimum Gasteiger partial charge on any atom is -0.321 e. The molecule has 0 radical (unpaired) electrons. The Morgan fingerprint density at radius 3 is 2.32 bits per heavy atom. The van der Waals surface area contributed by atoms with Crippen LogP contribution in [-0.4, -0.2) is 5.91 Å². The van der Waals surface area contributed by atoms with Gasteiger partial charge in [-0.3, -0.25) is 4.79 Å². The number of benzene rings is 2. The highest BCUT2D eigenvalue weighted by atomic mass is 79.9. The molecule has 0 aromatic heterocycles. The second kappa shape index (κ2) is 5.57. The van der Waals surface area contributed by atoms with E-state index in [1.54, 1.807) is 0 Å². The van der Waals surface area contributed by atoms with E-state index in [-0.39, 0.29) is 5.91 Å². The first-order chi connectivity index (χ1) is 8.99. The van der Waals surface area contributed by atoms with Gasteiger partial charge in [0.1, 0.15) is 0 Å². The summed E-state index contributed by atoms with van der Waals surface area (Å²) >= 11 is 3.42. The lowest BCUT2D eigenvalue weighted by atomic mass is 10.1. The van der Waals surface area contributed by atoms with Gasteiger partial charge in [-0.25, -0.2) is 0 Å². The molecule has 2 aromatic carbocycles. The second-order valence-corrected chi connectivity index (χ2v) is 5.56. The zero-order valence-corrected chi connectivity index (χ0v) is 12.8. The van der Waals surface area contributed by atoms with E-state index in [2.05, 4.69) is 21.2 Å². The summed E-state index contributed by atoms with van der Waals surface area (Å²) in [5, 5.41) is 2.99. The van der Waals surface area contributed by atoms with Gasteiger partial charge in [0.2, 0.25) is 0 Å². The summed E-state index contributed by atoms with van der Waals surface area (Å²) in [5.74, 6) is -0.0898. The van der Waals surface area contributed by atoms with Crippen LogP contribution in [0.2, 0.25) is 0 Å². The van der Waals surface area contributed by atoms with Crippen molar-refractivity contribution in [3.8, 4) is 0 Å². The summed E-state index contributed by atoms with van der Waals surface area (Å²) in [6, 6.07) is 11.7. The van der Waals surface area contributed by atoms with Crippen LogP contribution in [0.1, 0.15) is 27.0 Å². The molecule has 0 fully saturated rings. The van der Waals surface area contributed by atoms with E-state index in [0.29, 0.717) is 5.56 Å². The number of carbonyl (C=O) groups excluding carboxylic acids is 1. The van der Waals surface area contributed by atoms with Crippen LogP contribution in [0.25, 0.3) is 0 Å². The zero-order chi connectivity index (χ0) is 14.0. The predicted octanol–water partition coefficient (Wildman–Crippen LogP) is 4.63. The van der Waals surface area contributed by atoms with Crippen LogP contribution in [0.3, 0.4) is 0 Å². The molecule has 3 heteroatoms. The SMILES string of the molecule is Cc1ccc(Br)c(C(=O)Nc2c(C)cccc2C)c1. The van der Waals surface area contributed by atoms with Crippen molar-refractivity contribution in [2.45, 2.75) is 20.8 Å². The average molecular weight is 318 g/mol. The zero-order valence-electron chi connectivity index (χ0n) is 11.3. The van der Waals surface area contributed by atoms with Crippen LogP contribution in [-0.2, 0) is 0 Å². The third-order valence-electron chi connectivity index (χ3n) is 3.09. The Kier molecular flexibility index (Phi) is 4.05. The average Bonchev–Trinajstić information content (AvgIpc) is 2.37. The summed E-state index contributed by atoms with van der Waals surface area (Å²) < 4.78 is 0.807. The number of hydrogen-bond acceptors (Lipinski definition) is 1. The van der Waals surface area contributed by atoms with Crippen LogP contribution in [0.5, 0.6) is 0 Å². The van der Waals surface area contributed by atoms with Gasteiger partial charge in [0, 0.05) is 10.2 Å². The predicted molar refractivity (Wildman–Crippen MR) is 82.7 cm³/mol. The number of hydrogen-bond donors (Lipinski definition) is 1. The number of aryl methyl sites for hydroxylation is 3. The van der Waals surface area contributed by atoms with Crippen molar-refractivity contribution in [2.24, 2.45) is 0 Å². The molecule has 2 aromatic rings. The van der Waals surface area contributed by atoms with Gasteiger partial charge in [-0.2, -0.15) is 0 Å². The first-order valence-corrected chi connectivity index (χ1v) is 6.92. The molecule has 19 heavy (non-hydrogen) atoms. The van der Waals surface area contributed by atoms with E-state index >= 15 is 0 Å². The molecule has 0 aliphatic rings. The maximum atomic E-state index is 12.4. The molecule has 1 N–H and O–H groups in total. The molecule has 2 nitrogen and oxygen atoms in total. The van der Waals surface area contributed by atoms with Crippen LogP contribution >= 0.6 is 15.9 Å². The number of rotatable bonds is 2. The lowest BCUT2D eigenvalue weighted by molar-refractivity contribution is 0.102. The highest BCUT2D eigenvalue weighted by molar-refractivity contribution is 9.10. The Morgan fingerprint density at radius 1 is 1.05 bits per heavy atom. The van der Waals surface area contributed by atoms with Gasteiger partial charge in [-0.05, 0) is 60.0 Å². The van der Waals surface area contributed by atoms with Crippen LogP contribution in [0, 0.1) is 20.8 Å². The molecule has 0 spiro atoms. The molecule has 0 atom stereocenters. The maximum Gasteiger partial charge on any atom is 0.256 e. The van der Waals surface area contributed by atoms with Gasteiger partial charge in [0.15, 0.2) is 0 Å². The summed E-state index contributed by atoms with van der Waals surface area (Å²) in [6.45, 7) is 5.96. The van der Waals surface area contributed by atoms with Crippen LogP contribution < -0.4 is 5.32 Å². The van der Waals surface area contributed by atoms with Crippen molar-refractivity contribution >= 4 is 27.5 Å². The van der Waals surface area contributed by atoms with Crippen LogP contribution in [0.15, 0.2) is 40.9 Å². The quantitative estimate of drug-likeness (QED) is 0.859. The summed E-state index contributed by atoms with van der Waals surface area (Å²) in [5.41, 5.74) is 4.74. The Labute approximate surface area is 122 Å². The van der Waals surface area contributed by atoms with Crippen molar-refractivity contribution < 1.29 is 4.79 Å². The van der Waals surface area contributed by atoms with Crippen molar-refractivity contribution in [1.82, 2.24) is 0 Å². The van der Waals surface area contributed by atoms with Gasteiger partial charge >= 0.3 is 0 Å². The third-order valence-corrected chi connectivity index (χ3v) is 3.78. The number of nitrogens with one attached hydrogen (secondary N) is 1. The van der Waals surface area contributed by atoms with E-state index in [1.807, 2.05) is 57.2 Å². The van der Waals surface area contributed by atoms with Crippen LogP contribution in [0.4, 0.5) is 5.69 Å². The number of para-hydroxylation sites is 1. The normalized spacial score (nSPS) is 10.3. The Bertz CT molecular complexity index is 614. The molecule has 0 saturated carbocycles. The van der Waals surface area contributed by atoms with E-state index in [1.165, 1.54) is 0 Å². The molecular weight excluding hydrogens is 302 g/mol. The fraction of sp³-hybridized carbons (Fsp3) is 0.188. The smallest absolute Gasteiger partial charge is 0.256 e. The van der Waals surface area contributed by atoms with Gasteiger partial charge in [-0.1, -0.05) is 29.8 Å². The highest BCUT2D eigenvalue weighted by Gasteiger charge is 2.12. The molecule has 0 unspecified atom stereocenters. The summed E-state index contributed by atoms with van der Waals surface area (Å²) in [4.78, 5) is 12.4. The number of anilines is 1. The molecule has 0 saturated heterocycles. The number of carbonyl (C=O) groups is 1. The molecule has 0 heterocycles. The molecular formula is C16H16BrNO. The molecule has 1 amide bonds. The van der Waals surface area contributed by atoms with Crippen molar-refractivity contribution in [3.63, 3.8) is 0 Å². The molecule has 0 aliphatic carbocycles. The lowest BCUT2D eigenvalue weighted by Crippen LogP contribution is -2.14. The molecule has 2 rings (SSSR count). The lowest BCUT2D eigenvalue weighted by Gasteiger charge is -2.12. The Morgan fingerprint density at radius 2 is 1.68 bits per heavy atom. The highest BCUT2D eigenvalue weighted by Crippen LogP contribution is 2.23. The van der Waals surface area contributed by atoms with Gasteiger partial charge < -0.3 is 5.32 Å². The Hall–Kier alpha value is -1.61. The van der Waals surface area contributed by atoms with E-state index < -0.39 is 0 Å². The minimum atomic E-state index is -0.0898. The maximum absolute atomic E-state index is 12.4. The fourth-order valence-corrected chi connectivity index (χ4v) is 2.43. The van der Waals surface area contributed by atoms with Gasteiger partial charge in [-0.15, -0.1) is 0 Å². The molecule has 98 valence electrons. The number of halogens is 1. The van der Waals surface area contributed by atoms with E-state index in [9.17, 15) is 4.79 Å². The Balaban J connectivity index is 2.34. The van der Waals surface area contributed by atoms with E-state index in [0.717, 1.165) is 26.9 Å². The van der Waals surface area contributed by atoms with Crippen molar-refractivity contribution in [3.05, 3.63) is 63.1 Å². The van der Waals surface area contributed by atoms with Gasteiger partial charge in [0.25, 0.3) is 5.91 Å². The first kappa shape index (κ1) is 13.8. The first-order valence-electron chi connectivity index (χ1n) is 6.13. The minimum absolute atomic E-state index is 0.0898. The topological polar surface area (TPSA) is 29.1 Å².